The highest BCUT2D eigenvalue weighted by atomic mass is 35.5. The quantitative estimate of drug-likeness (QED) is 0.621. The lowest BCUT2D eigenvalue weighted by Crippen LogP contribution is -2.27. The maximum Gasteiger partial charge on any atom is 0.308 e. The molecule has 1 fully saturated rings. The van der Waals surface area contributed by atoms with E-state index in [1.54, 1.807) is 0 Å². The number of halogens is 2. The van der Waals surface area contributed by atoms with Crippen molar-refractivity contribution < 1.29 is 17.6 Å². The number of hydrogen-bond donors (Lipinski definition) is 1. The molecule has 4 rings (SSSR count). The van der Waals surface area contributed by atoms with Gasteiger partial charge in [0.1, 0.15) is 12.4 Å². The van der Waals surface area contributed by atoms with Crippen LogP contribution in [0, 0.1) is 5.82 Å². The summed E-state index contributed by atoms with van der Waals surface area (Å²) >= 11 is 6.59. The van der Waals surface area contributed by atoms with Gasteiger partial charge in [-0.05, 0) is 49.2 Å². The van der Waals surface area contributed by atoms with Crippen LogP contribution in [0.15, 0.2) is 46.1 Å². The standard InChI is InChI=1S/C19H17ClFN3O4S2/c20-14-9-12(3-5-15(14)21)22-18(25)11-24-16-6-4-13(10-17(16)29-19(24)26)30(27,28)23-7-1-2-8-23/h3-6,9-10H,1-2,7-8,11H2,(H,22,25). The number of nitrogens with zero attached hydrogens (tertiary/aromatic N) is 2. The summed E-state index contributed by atoms with van der Waals surface area (Å²) < 4.78 is 41.9. The molecule has 1 amide bonds. The molecule has 1 aliphatic rings. The first-order valence-corrected chi connectivity index (χ1v) is 11.8. The van der Waals surface area contributed by atoms with E-state index in [2.05, 4.69) is 5.32 Å². The molecule has 30 heavy (non-hydrogen) atoms. The first kappa shape index (κ1) is 21.0. The molecule has 158 valence electrons. The van der Waals surface area contributed by atoms with Gasteiger partial charge in [-0.2, -0.15) is 4.31 Å². The molecule has 1 saturated heterocycles. The monoisotopic (exact) mass is 469 g/mol. The van der Waals surface area contributed by atoms with Gasteiger partial charge in [-0.25, -0.2) is 12.8 Å². The van der Waals surface area contributed by atoms with Gasteiger partial charge >= 0.3 is 4.87 Å². The lowest BCUT2D eigenvalue weighted by atomic mass is 10.3. The van der Waals surface area contributed by atoms with Crippen LogP contribution in [0.25, 0.3) is 10.2 Å². The van der Waals surface area contributed by atoms with Crippen molar-refractivity contribution >= 4 is 54.8 Å². The molecule has 0 unspecified atom stereocenters. The van der Waals surface area contributed by atoms with Crippen LogP contribution in [0.1, 0.15) is 12.8 Å². The van der Waals surface area contributed by atoms with E-state index >= 15 is 0 Å². The van der Waals surface area contributed by atoms with Crippen molar-refractivity contribution in [3.8, 4) is 0 Å². The Morgan fingerprint density at radius 3 is 2.60 bits per heavy atom. The molecule has 11 heteroatoms. The van der Waals surface area contributed by atoms with Crippen molar-refractivity contribution in [3.63, 3.8) is 0 Å². The maximum atomic E-state index is 13.2. The molecule has 0 bridgehead atoms. The zero-order valence-corrected chi connectivity index (χ0v) is 18.0. The number of anilines is 1. The number of sulfonamides is 1. The first-order valence-electron chi connectivity index (χ1n) is 9.14. The van der Waals surface area contributed by atoms with Gasteiger partial charge in [0.05, 0.1) is 20.1 Å². The summed E-state index contributed by atoms with van der Waals surface area (Å²) in [4.78, 5) is 24.5. The van der Waals surface area contributed by atoms with Crippen LogP contribution in [0.5, 0.6) is 0 Å². The molecule has 1 aliphatic heterocycles. The van der Waals surface area contributed by atoms with Gasteiger partial charge in [0.2, 0.25) is 15.9 Å². The van der Waals surface area contributed by atoms with Crippen molar-refractivity contribution in [2.45, 2.75) is 24.3 Å². The lowest BCUT2D eigenvalue weighted by Gasteiger charge is -2.15. The molecule has 0 atom stereocenters. The van der Waals surface area contributed by atoms with E-state index in [4.69, 9.17) is 11.6 Å². The molecule has 1 aromatic heterocycles. The smallest absolute Gasteiger partial charge is 0.308 e. The van der Waals surface area contributed by atoms with Crippen LogP contribution in [0.3, 0.4) is 0 Å². The molecule has 0 spiro atoms. The first-order chi connectivity index (χ1) is 14.3. The molecular formula is C19H17ClFN3O4S2. The van der Waals surface area contributed by atoms with Crippen LogP contribution in [-0.2, 0) is 21.4 Å². The van der Waals surface area contributed by atoms with E-state index in [0.717, 1.165) is 30.2 Å². The summed E-state index contributed by atoms with van der Waals surface area (Å²) in [5.41, 5.74) is 0.774. The highest BCUT2D eigenvalue weighted by molar-refractivity contribution is 7.89. The number of amides is 1. The third-order valence-corrected chi connectivity index (χ3v) is 7.97. The Bertz CT molecular complexity index is 1300. The molecule has 2 aromatic carbocycles. The average molecular weight is 470 g/mol. The normalized spacial score (nSPS) is 15.0. The number of rotatable bonds is 5. The highest BCUT2D eigenvalue weighted by Crippen LogP contribution is 2.26. The number of carbonyl (C=O) groups is 1. The van der Waals surface area contributed by atoms with Crippen molar-refractivity contribution in [2.75, 3.05) is 18.4 Å². The molecule has 0 aliphatic carbocycles. The van der Waals surface area contributed by atoms with Gasteiger partial charge in [0.15, 0.2) is 0 Å². The van der Waals surface area contributed by atoms with Gasteiger partial charge in [0.25, 0.3) is 0 Å². The molecule has 3 aromatic rings. The highest BCUT2D eigenvalue weighted by Gasteiger charge is 2.27. The Morgan fingerprint density at radius 2 is 1.90 bits per heavy atom. The van der Waals surface area contributed by atoms with Gasteiger partial charge in [0, 0.05) is 18.8 Å². The predicted octanol–water partition coefficient (Wildman–Crippen LogP) is 3.28. The molecule has 2 heterocycles. The third kappa shape index (κ3) is 4.00. The Morgan fingerprint density at radius 1 is 1.17 bits per heavy atom. The van der Waals surface area contributed by atoms with E-state index in [0.29, 0.717) is 29.0 Å². The summed E-state index contributed by atoms with van der Waals surface area (Å²) in [5, 5.41) is 2.44. The Hall–Kier alpha value is -2.27. The molecular weight excluding hydrogens is 453 g/mol. The molecule has 7 nitrogen and oxygen atoms in total. The minimum absolute atomic E-state index is 0.127. The number of carbonyl (C=O) groups excluding carboxylic acids is 1. The summed E-state index contributed by atoms with van der Waals surface area (Å²) in [6.45, 7) is 0.711. The zero-order valence-electron chi connectivity index (χ0n) is 15.6. The van der Waals surface area contributed by atoms with E-state index in [1.807, 2.05) is 0 Å². The fourth-order valence-electron chi connectivity index (χ4n) is 3.35. The van der Waals surface area contributed by atoms with Crippen LogP contribution in [-0.4, -0.2) is 36.3 Å². The average Bonchev–Trinajstić information content (AvgIpc) is 3.34. The molecule has 0 radical (unpaired) electrons. The minimum atomic E-state index is -3.60. The third-order valence-electron chi connectivity index (χ3n) is 4.85. The van der Waals surface area contributed by atoms with Gasteiger partial charge in [-0.15, -0.1) is 0 Å². The zero-order chi connectivity index (χ0) is 21.5. The van der Waals surface area contributed by atoms with Crippen molar-refractivity contribution in [2.24, 2.45) is 0 Å². The van der Waals surface area contributed by atoms with E-state index < -0.39 is 21.7 Å². The van der Waals surface area contributed by atoms with Crippen molar-refractivity contribution in [1.29, 1.82) is 0 Å². The number of thiazole rings is 1. The van der Waals surface area contributed by atoms with E-state index in [9.17, 15) is 22.4 Å². The largest absolute Gasteiger partial charge is 0.324 e. The van der Waals surface area contributed by atoms with E-state index in [-0.39, 0.29) is 21.3 Å². The second-order valence-corrected chi connectivity index (χ2v) is 10.2. The number of hydrogen-bond acceptors (Lipinski definition) is 5. The van der Waals surface area contributed by atoms with E-state index in [1.165, 1.54) is 39.2 Å². The summed E-state index contributed by atoms with van der Waals surface area (Å²) in [6, 6.07) is 8.24. The SMILES string of the molecule is O=C(Cn1c(=O)sc2cc(S(=O)(=O)N3CCCC3)ccc21)Nc1ccc(F)c(Cl)c1. The van der Waals surface area contributed by atoms with Crippen molar-refractivity contribution in [1.82, 2.24) is 8.87 Å². The minimum Gasteiger partial charge on any atom is -0.324 e. The van der Waals surface area contributed by atoms with Crippen LogP contribution >= 0.6 is 22.9 Å². The molecule has 1 N–H and O–H groups in total. The topological polar surface area (TPSA) is 88.5 Å². The fraction of sp³-hybridized carbons (Fsp3) is 0.263. The van der Waals surface area contributed by atoms with Crippen LogP contribution in [0.2, 0.25) is 5.02 Å². The summed E-state index contributed by atoms with van der Waals surface area (Å²) in [5.74, 6) is -1.09. The van der Waals surface area contributed by atoms with Crippen LogP contribution in [0.4, 0.5) is 10.1 Å². The second-order valence-electron chi connectivity index (χ2n) is 6.87. The fourth-order valence-corrected chi connectivity index (χ4v) is 6.08. The van der Waals surface area contributed by atoms with Gasteiger partial charge < -0.3 is 5.32 Å². The van der Waals surface area contributed by atoms with Crippen LogP contribution < -0.4 is 10.2 Å². The predicted molar refractivity (Wildman–Crippen MR) is 114 cm³/mol. The Balaban J connectivity index is 1.59. The number of aromatic nitrogens is 1. The number of fused-ring (bicyclic) bond motifs is 1. The second kappa shape index (κ2) is 8.10. The number of nitrogens with one attached hydrogen (secondary N) is 1. The molecule has 0 saturated carbocycles. The lowest BCUT2D eigenvalue weighted by molar-refractivity contribution is -0.116. The Kier molecular flexibility index (Phi) is 5.67. The number of benzene rings is 2. The van der Waals surface area contributed by atoms with Gasteiger partial charge in [-0.3, -0.25) is 14.2 Å². The van der Waals surface area contributed by atoms with Crippen molar-refractivity contribution in [3.05, 3.63) is 56.9 Å². The maximum absolute atomic E-state index is 13.2. The Labute approximate surface area is 180 Å². The summed E-state index contributed by atoms with van der Waals surface area (Å²) in [7, 11) is -3.60. The van der Waals surface area contributed by atoms with Gasteiger partial charge in [-0.1, -0.05) is 22.9 Å². The summed E-state index contributed by atoms with van der Waals surface area (Å²) in [6.07, 6.45) is 1.67.